The van der Waals surface area contributed by atoms with Gasteiger partial charge in [0.25, 0.3) is 0 Å². The molecular formula is C23H22N6. The lowest BCUT2D eigenvalue weighted by Crippen LogP contribution is -2.56. The van der Waals surface area contributed by atoms with Crippen LogP contribution in [0.4, 0.5) is 11.6 Å². The standard InChI is InChI=1S/C23H22N6/c1-15(16-5-7-26-23(10-16)29-13-21(24)14-29)28-22-9-20-8-17(19-4-6-25-11-19)2-3-18(20)12-27-22/h2-3,5-12,21H,1,4,13-14,24H2,(H,27,28). The van der Waals surface area contributed by atoms with Crippen LogP contribution in [-0.4, -0.2) is 35.3 Å². The molecule has 0 bridgehead atoms. The third-order valence-electron chi connectivity index (χ3n) is 5.35. The first-order valence-electron chi connectivity index (χ1n) is 9.69. The van der Waals surface area contributed by atoms with Crippen molar-refractivity contribution in [3.05, 3.63) is 72.7 Å². The number of rotatable bonds is 5. The van der Waals surface area contributed by atoms with Crippen molar-refractivity contribution in [2.24, 2.45) is 10.7 Å². The normalized spacial score (nSPS) is 16.0. The summed E-state index contributed by atoms with van der Waals surface area (Å²) in [7, 11) is 0. The minimum absolute atomic E-state index is 0.236. The van der Waals surface area contributed by atoms with Crippen LogP contribution >= 0.6 is 0 Å². The number of hydrogen-bond acceptors (Lipinski definition) is 6. The van der Waals surface area contributed by atoms with E-state index in [0.717, 1.165) is 53.2 Å². The van der Waals surface area contributed by atoms with Crippen molar-refractivity contribution in [1.82, 2.24) is 9.97 Å². The van der Waals surface area contributed by atoms with Gasteiger partial charge in [0, 0.05) is 67.0 Å². The molecule has 0 unspecified atom stereocenters. The maximum Gasteiger partial charge on any atom is 0.130 e. The van der Waals surface area contributed by atoms with Crippen molar-refractivity contribution in [1.29, 1.82) is 0 Å². The van der Waals surface area contributed by atoms with Gasteiger partial charge in [0.1, 0.15) is 11.6 Å². The van der Waals surface area contributed by atoms with Crippen molar-refractivity contribution < 1.29 is 0 Å². The summed E-state index contributed by atoms with van der Waals surface area (Å²) in [6.07, 6.45) is 8.42. The number of pyridine rings is 2. The van der Waals surface area contributed by atoms with Crippen molar-refractivity contribution in [3.63, 3.8) is 0 Å². The van der Waals surface area contributed by atoms with Crippen molar-refractivity contribution in [2.75, 3.05) is 23.3 Å². The van der Waals surface area contributed by atoms with Crippen molar-refractivity contribution in [3.8, 4) is 0 Å². The quantitative estimate of drug-likeness (QED) is 0.704. The van der Waals surface area contributed by atoms with Gasteiger partial charge in [-0.05, 0) is 40.8 Å². The van der Waals surface area contributed by atoms with E-state index >= 15 is 0 Å². The predicted molar refractivity (Wildman–Crippen MR) is 120 cm³/mol. The molecule has 0 radical (unpaired) electrons. The number of allylic oxidation sites excluding steroid dienone is 1. The molecule has 6 nitrogen and oxygen atoms in total. The van der Waals surface area contributed by atoms with Crippen LogP contribution in [0.3, 0.4) is 0 Å². The summed E-state index contributed by atoms with van der Waals surface area (Å²) in [5.41, 5.74) is 10.1. The number of anilines is 2. The van der Waals surface area contributed by atoms with Gasteiger partial charge in [0.15, 0.2) is 0 Å². The molecule has 3 N–H and O–H groups in total. The molecule has 6 heteroatoms. The fourth-order valence-electron chi connectivity index (χ4n) is 3.65. The summed E-state index contributed by atoms with van der Waals surface area (Å²) in [4.78, 5) is 15.4. The molecule has 2 aliphatic heterocycles. The smallest absolute Gasteiger partial charge is 0.130 e. The number of benzene rings is 1. The summed E-state index contributed by atoms with van der Waals surface area (Å²) >= 11 is 0. The molecule has 5 rings (SSSR count). The molecule has 144 valence electrons. The first-order valence-corrected chi connectivity index (χ1v) is 9.69. The topological polar surface area (TPSA) is 79.4 Å². The molecular weight excluding hydrogens is 360 g/mol. The Labute approximate surface area is 169 Å². The van der Waals surface area contributed by atoms with Crippen LogP contribution in [0.1, 0.15) is 17.5 Å². The Morgan fingerprint density at radius 3 is 2.79 bits per heavy atom. The highest BCUT2D eigenvalue weighted by atomic mass is 15.3. The molecule has 29 heavy (non-hydrogen) atoms. The first-order chi connectivity index (χ1) is 14.2. The van der Waals surface area contributed by atoms with Crippen LogP contribution in [0.5, 0.6) is 0 Å². The van der Waals surface area contributed by atoms with Crippen LogP contribution in [-0.2, 0) is 0 Å². The van der Waals surface area contributed by atoms with Crippen molar-refractivity contribution in [2.45, 2.75) is 12.5 Å². The molecule has 0 spiro atoms. The van der Waals surface area contributed by atoms with Gasteiger partial charge in [-0.15, -0.1) is 0 Å². The Kier molecular flexibility index (Phi) is 4.33. The molecule has 0 aliphatic carbocycles. The summed E-state index contributed by atoms with van der Waals surface area (Å²) in [5, 5.41) is 5.57. The molecule has 1 saturated heterocycles. The van der Waals surface area contributed by atoms with Crippen LogP contribution in [0.25, 0.3) is 22.0 Å². The van der Waals surface area contributed by atoms with Gasteiger partial charge in [-0.25, -0.2) is 9.97 Å². The number of fused-ring (bicyclic) bond motifs is 1. The molecule has 0 saturated carbocycles. The highest BCUT2D eigenvalue weighted by Gasteiger charge is 2.24. The summed E-state index contributed by atoms with van der Waals surface area (Å²) < 4.78 is 0. The van der Waals surface area contributed by atoms with Gasteiger partial charge in [-0.2, -0.15) is 0 Å². The second-order valence-corrected chi connectivity index (χ2v) is 7.49. The second-order valence-electron chi connectivity index (χ2n) is 7.49. The highest BCUT2D eigenvalue weighted by molar-refractivity contribution is 5.91. The Morgan fingerprint density at radius 2 is 2.00 bits per heavy atom. The number of nitrogens with zero attached hydrogens (tertiary/aromatic N) is 4. The maximum absolute atomic E-state index is 5.88. The molecule has 2 aromatic heterocycles. The van der Waals surface area contributed by atoms with E-state index in [1.165, 1.54) is 11.1 Å². The third kappa shape index (κ3) is 3.50. The van der Waals surface area contributed by atoms with Gasteiger partial charge in [0.05, 0.1) is 0 Å². The molecule has 2 aliphatic rings. The fraction of sp³-hybridized carbons (Fsp3) is 0.174. The first kappa shape index (κ1) is 17.6. The summed E-state index contributed by atoms with van der Waals surface area (Å²) in [5.74, 6) is 1.69. The van der Waals surface area contributed by atoms with E-state index in [1.807, 2.05) is 30.7 Å². The van der Waals surface area contributed by atoms with Crippen molar-refractivity contribution >= 4 is 39.9 Å². The van der Waals surface area contributed by atoms with E-state index in [-0.39, 0.29) is 6.04 Å². The Balaban J connectivity index is 1.37. The minimum Gasteiger partial charge on any atom is -0.353 e. The number of hydrogen-bond donors (Lipinski definition) is 2. The van der Waals surface area contributed by atoms with E-state index in [4.69, 9.17) is 5.73 Å². The summed E-state index contributed by atoms with van der Waals surface area (Å²) in [6, 6.07) is 12.7. The van der Waals surface area contributed by atoms with Gasteiger partial charge >= 0.3 is 0 Å². The number of nitrogens with one attached hydrogen (secondary N) is 1. The van der Waals surface area contributed by atoms with Gasteiger partial charge in [-0.3, -0.25) is 4.99 Å². The maximum atomic E-state index is 5.88. The van der Waals surface area contributed by atoms with E-state index < -0.39 is 0 Å². The fourth-order valence-corrected chi connectivity index (χ4v) is 3.65. The molecule has 4 heterocycles. The zero-order chi connectivity index (χ0) is 19.8. The minimum atomic E-state index is 0.236. The van der Waals surface area contributed by atoms with Crippen LogP contribution in [0, 0.1) is 0 Å². The Bertz CT molecular complexity index is 1160. The van der Waals surface area contributed by atoms with E-state index in [9.17, 15) is 0 Å². The number of nitrogens with two attached hydrogens (primary N) is 1. The van der Waals surface area contributed by atoms with Crippen LogP contribution < -0.4 is 16.0 Å². The Hall–Kier alpha value is -3.51. The molecule has 0 amide bonds. The number of aromatic nitrogens is 2. The lowest BCUT2D eigenvalue weighted by molar-refractivity contribution is 0.514. The average Bonchev–Trinajstić information content (AvgIpc) is 3.26. The van der Waals surface area contributed by atoms with E-state index in [0.29, 0.717) is 0 Å². The summed E-state index contributed by atoms with van der Waals surface area (Å²) in [6.45, 7) is 5.87. The molecule has 1 aromatic carbocycles. The number of aliphatic imine (C=N–C) groups is 1. The van der Waals surface area contributed by atoms with E-state index in [2.05, 4.69) is 56.0 Å². The lowest BCUT2D eigenvalue weighted by atomic mass is 10.0. The zero-order valence-corrected chi connectivity index (χ0v) is 16.0. The second kappa shape index (κ2) is 7.14. The highest BCUT2D eigenvalue weighted by Crippen LogP contribution is 2.27. The average molecular weight is 382 g/mol. The van der Waals surface area contributed by atoms with Gasteiger partial charge < -0.3 is 16.0 Å². The lowest BCUT2D eigenvalue weighted by Gasteiger charge is -2.37. The zero-order valence-electron chi connectivity index (χ0n) is 16.0. The van der Waals surface area contributed by atoms with Crippen LogP contribution in [0.2, 0.25) is 0 Å². The van der Waals surface area contributed by atoms with Gasteiger partial charge in [0.2, 0.25) is 0 Å². The predicted octanol–water partition coefficient (Wildman–Crippen LogP) is 3.68. The van der Waals surface area contributed by atoms with E-state index in [1.54, 1.807) is 6.20 Å². The third-order valence-corrected chi connectivity index (χ3v) is 5.35. The molecule has 1 fully saturated rings. The Morgan fingerprint density at radius 1 is 1.10 bits per heavy atom. The SMILES string of the molecule is C=C(Nc1cc2cc(C3=CN=CC3)ccc2cn1)c1ccnc(N2CC(N)C2)c1. The van der Waals surface area contributed by atoms with Gasteiger partial charge in [-0.1, -0.05) is 18.7 Å². The monoisotopic (exact) mass is 382 g/mol. The molecule has 0 atom stereocenters. The van der Waals surface area contributed by atoms with Crippen LogP contribution in [0.15, 0.2) is 66.6 Å². The molecule has 3 aromatic rings. The largest absolute Gasteiger partial charge is 0.353 e.